The fraction of sp³-hybridized carbons (Fsp3) is 0.333. The third kappa shape index (κ3) is 3.83. The molecule has 0 bridgehead atoms. The first-order valence-electron chi connectivity index (χ1n) is 9.86. The average molecular weight is 442 g/mol. The zero-order valence-corrected chi connectivity index (χ0v) is 17.8. The Morgan fingerprint density at radius 1 is 1.17 bits per heavy atom. The topological polar surface area (TPSA) is 63.9 Å². The number of thioether (sulfide) groups is 2. The maximum Gasteiger partial charge on any atom is 0.234 e. The number of rotatable bonds is 6. The quantitative estimate of drug-likeness (QED) is 0.535. The van der Waals surface area contributed by atoms with Crippen LogP contribution in [0.25, 0.3) is 11.4 Å². The molecule has 3 heterocycles. The second-order valence-corrected chi connectivity index (χ2v) is 9.39. The van der Waals surface area contributed by atoms with Crippen LogP contribution in [0.1, 0.15) is 29.8 Å². The molecule has 1 saturated carbocycles. The van der Waals surface area contributed by atoms with E-state index in [1.54, 1.807) is 41.2 Å². The summed E-state index contributed by atoms with van der Waals surface area (Å²) in [5.41, 5.74) is 1.54. The first-order chi connectivity index (χ1) is 14.7. The van der Waals surface area contributed by atoms with Gasteiger partial charge in [-0.2, -0.15) is 0 Å². The van der Waals surface area contributed by atoms with Crippen LogP contribution >= 0.6 is 23.5 Å². The van der Waals surface area contributed by atoms with Gasteiger partial charge in [-0.15, -0.1) is 22.0 Å². The number of aromatic nitrogens is 4. The second kappa shape index (κ2) is 8.39. The Balaban J connectivity index is 1.32. The van der Waals surface area contributed by atoms with E-state index in [-0.39, 0.29) is 22.9 Å². The molecule has 2 aromatic heterocycles. The molecule has 1 atom stereocenters. The Bertz CT molecular complexity index is 1060. The van der Waals surface area contributed by atoms with Crippen molar-refractivity contribution in [1.29, 1.82) is 0 Å². The minimum absolute atomic E-state index is 0.00550. The first-order valence-corrected chi connectivity index (χ1v) is 11.9. The molecule has 1 unspecified atom stereocenters. The van der Waals surface area contributed by atoms with Crippen molar-refractivity contribution in [3.8, 4) is 11.4 Å². The molecule has 1 amide bonds. The van der Waals surface area contributed by atoms with Crippen LogP contribution < -0.4 is 0 Å². The highest BCUT2D eigenvalue weighted by atomic mass is 32.2. The van der Waals surface area contributed by atoms with Gasteiger partial charge in [0.1, 0.15) is 11.2 Å². The van der Waals surface area contributed by atoms with Crippen LogP contribution in [-0.2, 0) is 4.79 Å². The SMILES string of the molecule is O=C(CSc1nnc(-c2ccncc2)n1C1CC1)N1CCSC1c1ccccc1F. The van der Waals surface area contributed by atoms with Gasteiger partial charge in [-0.1, -0.05) is 30.0 Å². The lowest BCUT2D eigenvalue weighted by molar-refractivity contribution is -0.128. The highest BCUT2D eigenvalue weighted by molar-refractivity contribution is 8.00. The summed E-state index contributed by atoms with van der Waals surface area (Å²) in [6.45, 7) is 0.626. The molecule has 1 aliphatic carbocycles. The van der Waals surface area contributed by atoms with Crippen LogP contribution in [0.4, 0.5) is 4.39 Å². The number of benzene rings is 1. The van der Waals surface area contributed by atoms with E-state index in [0.717, 1.165) is 35.1 Å². The number of amides is 1. The van der Waals surface area contributed by atoms with Crippen molar-refractivity contribution in [2.45, 2.75) is 29.4 Å². The molecule has 0 spiro atoms. The fourth-order valence-corrected chi connectivity index (χ4v) is 5.79. The standard InChI is InChI=1S/C21H20FN5OS2/c22-17-4-2-1-3-16(17)20-26(11-12-29-20)18(28)13-30-21-25-24-19(27(21)15-5-6-15)14-7-9-23-10-8-14/h1-4,7-10,15,20H,5-6,11-13H2. The minimum Gasteiger partial charge on any atom is -0.325 e. The molecular formula is C21H20FN5OS2. The van der Waals surface area contributed by atoms with Gasteiger partial charge in [-0.3, -0.25) is 14.3 Å². The van der Waals surface area contributed by atoms with Crippen LogP contribution in [-0.4, -0.2) is 48.6 Å². The van der Waals surface area contributed by atoms with Gasteiger partial charge >= 0.3 is 0 Å². The fourth-order valence-electron chi connectivity index (χ4n) is 3.60. The molecule has 0 radical (unpaired) electrons. The largest absolute Gasteiger partial charge is 0.325 e. The van der Waals surface area contributed by atoms with Crippen molar-refractivity contribution < 1.29 is 9.18 Å². The van der Waals surface area contributed by atoms with Gasteiger partial charge in [0, 0.05) is 41.9 Å². The van der Waals surface area contributed by atoms with Crippen molar-refractivity contribution in [3.63, 3.8) is 0 Å². The van der Waals surface area contributed by atoms with E-state index < -0.39 is 0 Å². The second-order valence-electron chi connectivity index (χ2n) is 7.26. The van der Waals surface area contributed by atoms with Gasteiger partial charge in [0.25, 0.3) is 0 Å². The summed E-state index contributed by atoms with van der Waals surface area (Å²) in [6, 6.07) is 10.9. The summed E-state index contributed by atoms with van der Waals surface area (Å²) in [6.07, 6.45) is 5.67. The Hall–Kier alpha value is -2.39. The summed E-state index contributed by atoms with van der Waals surface area (Å²) < 4.78 is 16.4. The molecule has 5 rings (SSSR count). The maximum absolute atomic E-state index is 14.3. The van der Waals surface area contributed by atoms with Crippen LogP contribution in [0.2, 0.25) is 0 Å². The smallest absolute Gasteiger partial charge is 0.234 e. The number of carbonyl (C=O) groups excluding carboxylic acids is 1. The van der Waals surface area contributed by atoms with Crippen LogP contribution in [0.15, 0.2) is 53.9 Å². The molecule has 1 aromatic carbocycles. The van der Waals surface area contributed by atoms with Gasteiger partial charge in [-0.05, 0) is 31.0 Å². The van der Waals surface area contributed by atoms with E-state index in [0.29, 0.717) is 18.2 Å². The Kier molecular flexibility index (Phi) is 5.47. The lowest BCUT2D eigenvalue weighted by Crippen LogP contribution is -2.32. The van der Waals surface area contributed by atoms with Crippen molar-refractivity contribution in [2.75, 3.05) is 18.1 Å². The van der Waals surface area contributed by atoms with Gasteiger partial charge < -0.3 is 4.90 Å². The predicted octanol–water partition coefficient (Wildman–Crippen LogP) is 4.18. The number of hydrogen-bond donors (Lipinski definition) is 0. The Labute approximate surface area is 182 Å². The van der Waals surface area contributed by atoms with E-state index in [1.807, 2.05) is 18.2 Å². The molecule has 30 heavy (non-hydrogen) atoms. The van der Waals surface area contributed by atoms with E-state index in [4.69, 9.17) is 0 Å². The average Bonchev–Trinajstić information content (AvgIpc) is 3.33. The lowest BCUT2D eigenvalue weighted by atomic mass is 10.2. The van der Waals surface area contributed by atoms with Crippen molar-refractivity contribution >= 4 is 29.4 Å². The van der Waals surface area contributed by atoms with Gasteiger partial charge in [0.15, 0.2) is 11.0 Å². The Morgan fingerprint density at radius 2 is 1.97 bits per heavy atom. The molecular weight excluding hydrogens is 421 g/mol. The first kappa shape index (κ1) is 19.6. The molecule has 2 fully saturated rings. The molecule has 6 nitrogen and oxygen atoms in total. The van der Waals surface area contributed by atoms with Gasteiger partial charge in [-0.25, -0.2) is 4.39 Å². The predicted molar refractivity (Wildman–Crippen MR) is 116 cm³/mol. The summed E-state index contributed by atoms with van der Waals surface area (Å²) >= 11 is 3.01. The highest BCUT2D eigenvalue weighted by Crippen LogP contribution is 2.42. The van der Waals surface area contributed by atoms with Crippen molar-refractivity contribution in [2.24, 2.45) is 0 Å². The zero-order valence-electron chi connectivity index (χ0n) is 16.1. The molecule has 154 valence electrons. The van der Waals surface area contributed by atoms with E-state index >= 15 is 0 Å². The third-order valence-corrected chi connectivity index (χ3v) is 7.39. The van der Waals surface area contributed by atoms with E-state index in [2.05, 4.69) is 19.7 Å². The number of hydrogen-bond acceptors (Lipinski definition) is 6. The van der Waals surface area contributed by atoms with Gasteiger partial charge in [0.05, 0.1) is 5.75 Å². The Morgan fingerprint density at radius 3 is 2.73 bits per heavy atom. The third-order valence-electron chi connectivity index (χ3n) is 5.22. The van der Waals surface area contributed by atoms with Gasteiger partial charge in [0.2, 0.25) is 5.91 Å². The maximum atomic E-state index is 14.3. The van der Waals surface area contributed by atoms with E-state index in [1.165, 1.54) is 17.8 Å². The molecule has 1 aliphatic heterocycles. The normalized spacial score (nSPS) is 18.7. The zero-order chi connectivity index (χ0) is 20.5. The summed E-state index contributed by atoms with van der Waals surface area (Å²) in [5.74, 6) is 1.61. The van der Waals surface area contributed by atoms with Crippen LogP contribution in [0.5, 0.6) is 0 Å². The summed E-state index contributed by atoms with van der Waals surface area (Å²) in [4.78, 5) is 18.8. The highest BCUT2D eigenvalue weighted by Gasteiger charge is 2.34. The number of pyridine rings is 1. The number of nitrogens with zero attached hydrogens (tertiary/aromatic N) is 5. The summed E-state index contributed by atoms with van der Waals surface area (Å²) in [5, 5.41) is 9.23. The molecule has 1 saturated heterocycles. The molecule has 9 heteroatoms. The molecule has 0 N–H and O–H groups in total. The number of carbonyl (C=O) groups is 1. The minimum atomic E-state index is -0.270. The van der Waals surface area contributed by atoms with E-state index in [9.17, 15) is 9.18 Å². The number of halogens is 1. The molecule has 3 aromatic rings. The lowest BCUT2D eigenvalue weighted by Gasteiger charge is -2.24. The van der Waals surface area contributed by atoms with Crippen LogP contribution in [0, 0.1) is 5.82 Å². The molecule has 2 aliphatic rings. The summed E-state index contributed by atoms with van der Waals surface area (Å²) in [7, 11) is 0. The van der Waals surface area contributed by atoms with Crippen molar-refractivity contribution in [1.82, 2.24) is 24.6 Å². The van der Waals surface area contributed by atoms with Crippen molar-refractivity contribution in [3.05, 3.63) is 60.2 Å². The van der Waals surface area contributed by atoms with Crippen LogP contribution in [0.3, 0.4) is 0 Å². The monoisotopic (exact) mass is 441 g/mol.